The lowest BCUT2D eigenvalue weighted by molar-refractivity contribution is -0.113. The number of aryl methyl sites for hydroxylation is 1. The van der Waals surface area contributed by atoms with Gasteiger partial charge in [-0.05, 0) is 36.8 Å². The van der Waals surface area contributed by atoms with Crippen LogP contribution in [0.3, 0.4) is 0 Å². The summed E-state index contributed by atoms with van der Waals surface area (Å²) in [4.78, 5) is 12.3. The third-order valence-electron chi connectivity index (χ3n) is 3.77. The number of amides is 1. The number of allylic oxidation sites excluding steroid dienone is 1. The van der Waals surface area contributed by atoms with Crippen molar-refractivity contribution in [2.45, 2.75) is 18.6 Å². The van der Waals surface area contributed by atoms with Gasteiger partial charge in [-0.3, -0.25) is 9.36 Å². The molecule has 5 nitrogen and oxygen atoms in total. The van der Waals surface area contributed by atoms with Gasteiger partial charge in [0.25, 0.3) is 0 Å². The van der Waals surface area contributed by atoms with E-state index in [0.717, 1.165) is 27.1 Å². The van der Waals surface area contributed by atoms with E-state index < -0.39 is 0 Å². The summed E-state index contributed by atoms with van der Waals surface area (Å²) in [6.45, 7) is 6.37. The maximum absolute atomic E-state index is 12.3. The van der Waals surface area contributed by atoms with Gasteiger partial charge in [-0.15, -0.1) is 16.8 Å². The first-order valence-electron chi connectivity index (χ1n) is 8.36. The molecule has 0 fully saturated rings. The normalized spacial score (nSPS) is 10.6. The molecular formula is C20H19BrN4OS. The van der Waals surface area contributed by atoms with Crippen molar-refractivity contribution in [2.24, 2.45) is 0 Å². The molecule has 0 aliphatic carbocycles. The molecule has 7 heteroatoms. The molecule has 2 aromatic carbocycles. The van der Waals surface area contributed by atoms with Gasteiger partial charge in [-0.1, -0.05) is 58.0 Å². The Morgan fingerprint density at radius 1 is 1.26 bits per heavy atom. The number of rotatable bonds is 7. The smallest absolute Gasteiger partial charge is 0.234 e. The van der Waals surface area contributed by atoms with E-state index in [1.54, 1.807) is 6.08 Å². The number of carbonyl (C=O) groups excluding carboxylic acids is 1. The largest absolute Gasteiger partial charge is 0.325 e. The fourth-order valence-corrected chi connectivity index (χ4v) is 3.56. The van der Waals surface area contributed by atoms with Crippen molar-refractivity contribution >= 4 is 39.3 Å². The molecular weight excluding hydrogens is 424 g/mol. The van der Waals surface area contributed by atoms with E-state index in [4.69, 9.17) is 0 Å². The molecule has 1 aromatic heterocycles. The Morgan fingerprint density at radius 2 is 2.04 bits per heavy atom. The summed E-state index contributed by atoms with van der Waals surface area (Å²) in [7, 11) is 0. The summed E-state index contributed by atoms with van der Waals surface area (Å²) < 4.78 is 2.96. The Morgan fingerprint density at radius 3 is 2.74 bits per heavy atom. The van der Waals surface area contributed by atoms with E-state index in [-0.39, 0.29) is 11.7 Å². The molecule has 0 radical (unpaired) electrons. The number of aromatic nitrogens is 3. The molecule has 1 N–H and O–H groups in total. The van der Waals surface area contributed by atoms with Gasteiger partial charge in [-0.25, -0.2) is 0 Å². The standard InChI is InChI=1S/C20H19BrN4OS/c1-3-11-25-19(15-7-9-16(21)10-8-15)23-24-20(25)27-13-18(26)22-17-6-4-5-14(2)12-17/h3-10,12H,1,11,13H2,2H3,(H,22,26). The van der Waals surface area contributed by atoms with E-state index in [1.807, 2.05) is 60.0 Å². The SMILES string of the molecule is C=CCn1c(SCC(=O)Nc2cccc(C)c2)nnc1-c1ccc(Br)cc1. The average molecular weight is 443 g/mol. The summed E-state index contributed by atoms with van der Waals surface area (Å²) in [6.07, 6.45) is 1.79. The van der Waals surface area contributed by atoms with Crippen molar-refractivity contribution in [1.29, 1.82) is 0 Å². The van der Waals surface area contributed by atoms with Gasteiger partial charge in [0.2, 0.25) is 5.91 Å². The molecule has 0 spiro atoms. The molecule has 0 unspecified atom stereocenters. The van der Waals surface area contributed by atoms with Crippen LogP contribution in [-0.2, 0) is 11.3 Å². The molecule has 0 aliphatic heterocycles. The highest BCUT2D eigenvalue weighted by Gasteiger charge is 2.15. The first-order valence-corrected chi connectivity index (χ1v) is 10.1. The van der Waals surface area contributed by atoms with E-state index >= 15 is 0 Å². The van der Waals surface area contributed by atoms with Crippen LogP contribution in [0.25, 0.3) is 11.4 Å². The zero-order chi connectivity index (χ0) is 19.2. The van der Waals surface area contributed by atoms with E-state index in [2.05, 4.69) is 38.0 Å². The molecule has 0 aliphatic rings. The van der Waals surface area contributed by atoms with Crippen molar-refractivity contribution < 1.29 is 4.79 Å². The zero-order valence-corrected chi connectivity index (χ0v) is 17.3. The summed E-state index contributed by atoms with van der Waals surface area (Å²) in [5.41, 5.74) is 2.86. The molecule has 0 atom stereocenters. The van der Waals surface area contributed by atoms with Gasteiger partial charge >= 0.3 is 0 Å². The maximum Gasteiger partial charge on any atom is 0.234 e. The molecule has 0 saturated carbocycles. The number of halogens is 1. The minimum atomic E-state index is -0.0797. The van der Waals surface area contributed by atoms with Crippen molar-refractivity contribution in [3.05, 3.63) is 71.2 Å². The van der Waals surface area contributed by atoms with Gasteiger partial charge in [0, 0.05) is 22.3 Å². The molecule has 1 heterocycles. The highest BCUT2D eigenvalue weighted by atomic mass is 79.9. The Bertz CT molecular complexity index is 953. The van der Waals surface area contributed by atoms with Crippen LogP contribution in [0.4, 0.5) is 5.69 Å². The number of carbonyl (C=O) groups is 1. The van der Waals surface area contributed by atoms with E-state index in [9.17, 15) is 4.79 Å². The average Bonchev–Trinajstić information content (AvgIpc) is 3.04. The molecule has 1 amide bonds. The summed E-state index contributed by atoms with van der Waals surface area (Å²) in [5, 5.41) is 12.2. The van der Waals surface area contributed by atoms with Crippen LogP contribution >= 0.6 is 27.7 Å². The van der Waals surface area contributed by atoms with Crippen LogP contribution in [0.5, 0.6) is 0 Å². The summed E-state index contributed by atoms with van der Waals surface area (Å²) in [5.74, 6) is 0.928. The summed E-state index contributed by atoms with van der Waals surface area (Å²) >= 11 is 4.79. The van der Waals surface area contributed by atoms with Crippen molar-refractivity contribution in [3.63, 3.8) is 0 Å². The lowest BCUT2D eigenvalue weighted by Gasteiger charge is -2.08. The maximum atomic E-state index is 12.3. The molecule has 0 saturated heterocycles. The topological polar surface area (TPSA) is 59.8 Å². The Kier molecular flexibility index (Phi) is 6.47. The van der Waals surface area contributed by atoms with Gasteiger partial charge in [0.1, 0.15) is 0 Å². The number of anilines is 1. The van der Waals surface area contributed by atoms with E-state index in [0.29, 0.717) is 11.7 Å². The van der Waals surface area contributed by atoms with Crippen LogP contribution in [0, 0.1) is 6.92 Å². The van der Waals surface area contributed by atoms with Gasteiger partial charge < -0.3 is 5.32 Å². The minimum absolute atomic E-state index is 0.0797. The number of hydrogen-bond donors (Lipinski definition) is 1. The predicted molar refractivity (Wildman–Crippen MR) is 114 cm³/mol. The fourth-order valence-electron chi connectivity index (χ4n) is 2.55. The Balaban J connectivity index is 1.72. The van der Waals surface area contributed by atoms with Crippen molar-refractivity contribution in [2.75, 3.05) is 11.1 Å². The zero-order valence-electron chi connectivity index (χ0n) is 14.9. The Labute approximate surface area is 171 Å². The van der Waals surface area contributed by atoms with Crippen LogP contribution in [0.15, 0.2) is 70.8 Å². The summed E-state index contributed by atoms with van der Waals surface area (Å²) in [6, 6.07) is 15.6. The van der Waals surface area contributed by atoms with Gasteiger partial charge in [-0.2, -0.15) is 0 Å². The van der Waals surface area contributed by atoms with Crippen LogP contribution in [0.2, 0.25) is 0 Å². The van der Waals surface area contributed by atoms with Crippen molar-refractivity contribution in [3.8, 4) is 11.4 Å². The van der Waals surface area contributed by atoms with Gasteiger partial charge in [0.05, 0.1) is 5.75 Å². The van der Waals surface area contributed by atoms with Crippen molar-refractivity contribution in [1.82, 2.24) is 14.8 Å². The van der Waals surface area contributed by atoms with E-state index in [1.165, 1.54) is 11.8 Å². The molecule has 27 heavy (non-hydrogen) atoms. The lowest BCUT2D eigenvalue weighted by Crippen LogP contribution is -2.14. The predicted octanol–water partition coefficient (Wildman–Crippen LogP) is 4.93. The lowest BCUT2D eigenvalue weighted by atomic mass is 10.2. The second-order valence-electron chi connectivity index (χ2n) is 5.92. The van der Waals surface area contributed by atoms with Gasteiger partial charge in [0.15, 0.2) is 11.0 Å². The highest BCUT2D eigenvalue weighted by Crippen LogP contribution is 2.25. The third kappa shape index (κ3) is 5.08. The molecule has 3 aromatic rings. The first kappa shape index (κ1) is 19.4. The molecule has 3 rings (SSSR count). The fraction of sp³-hybridized carbons (Fsp3) is 0.150. The second kappa shape index (κ2) is 9.01. The first-order chi connectivity index (χ1) is 13.1. The Hall–Kier alpha value is -2.38. The minimum Gasteiger partial charge on any atom is -0.325 e. The second-order valence-corrected chi connectivity index (χ2v) is 7.78. The monoisotopic (exact) mass is 442 g/mol. The number of nitrogens with one attached hydrogen (secondary N) is 1. The molecule has 138 valence electrons. The highest BCUT2D eigenvalue weighted by molar-refractivity contribution is 9.10. The number of benzene rings is 2. The number of thioether (sulfide) groups is 1. The van der Waals surface area contributed by atoms with Crippen LogP contribution in [-0.4, -0.2) is 26.4 Å². The number of nitrogens with zero attached hydrogens (tertiary/aromatic N) is 3. The van der Waals surface area contributed by atoms with Crippen LogP contribution in [0.1, 0.15) is 5.56 Å². The third-order valence-corrected chi connectivity index (χ3v) is 5.26. The molecule has 0 bridgehead atoms. The number of hydrogen-bond acceptors (Lipinski definition) is 4. The van der Waals surface area contributed by atoms with Crippen LogP contribution < -0.4 is 5.32 Å². The quantitative estimate of drug-likeness (QED) is 0.416.